The van der Waals surface area contributed by atoms with Gasteiger partial charge in [-0.2, -0.15) is 0 Å². The second kappa shape index (κ2) is 9.49. The van der Waals surface area contributed by atoms with Crippen molar-refractivity contribution in [3.05, 3.63) is 74.4 Å². The van der Waals surface area contributed by atoms with Gasteiger partial charge < -0.3 is 9.88 Å². The smallest absolute Gasteiger partial charge is 0.252 e. The van der Waals surface area contributed by atoms with E-state index < -0.39 is 0 Å². The Morgan fingerprint density at radius 1 is 1.07 bits per heavy atom. The van der Waals surface area contributed by atoms with Gasteiger partial charge in [0.05, 0.1) is 17.9 Å². The van der Waals surface area contributed by atoms with Crippen molar-refractivity contribution in [3.63, 3.8) is 0 Å². The Morgan fingerprint density at radius 2 is 1.79 bits per heavy atom. The molecule has 0 radical (unpaired) electrons. The van der Waals surface area contributed by atoms with Crippen molar-refractivity contribution in [2.45, 2.75) is 11.7 Å². The highest BCUT2D eigenvalue weighted by atomic mass is 79.9. The van der Waals surface area contributed by atoms with Crippen LogP contribution in [0.2, 0.25) is 0 Å². The number of thioether (sulfide) groups is 1. The molecular formula is C19H16Br2N4O2S. The highest BCUT2D eigenvalue weighted by Crippen LogP contribution is 2.19. The minimum Gasteiger partial charge on any atom is -0.345 e. The monoisotopic (exact) mass is 522 g/mol. The second-order valence-electron chi connectivity index (χ2n) is 5.84. The summed E-state index contributed by atoms with van der Waals surface area (Å²) in [6.07, 6.45) is 0. The molecule has 1 aromatic heterocycles. The molecule has 28 heavy (non-hydrogen) atoms. The quantitative estimate of drug-likeness (QED) is 0.370. The van der Waals surface area contributed by atoms with Crippen molar-refractivity contribution in [3.8, 4) is 0 Å². The van der Waals surface area contributed by atoms with Crippen molar-refractivity contribution >= 4 is 55.3 Å². The normalized spacial score (nSPS) is 10.7. The van der Waals surface area contributed by atoms with E-state index in [-0.39, 0.29) is 24.0 Å². The number of nitrogens with one attached hydrogen (secondary N) is 1. The van der Waals surface area contributed by atoms with E-state index in [4.69, 9.17) is 0 Å². The van der Waals surface area contributed by atoms with Crippen LogP contribution in [0.5, 0.6) is 0 Å². The molecular weight excluding hydrogens is 508 g/mol. The number of amides is 1. The van der Waals surface area contributed by atoms with Crippen LogP contribution < -0.4 is 5.32 Å². The summed E-state index contributed by atoms with van der Waals surface area (Å²) in [7, 11) is 1.81. The van der Waals surface area contributed by atoms with Gasteiger partial charge in [-0.3, -0.25) is 9.59 Å². The molecule has 0 bridgehead atoms. The number of hydrogen-bond acceptors (Lipinski definition) is 5. The Labute approximate surface area is 183 Å². The number of carbonyl (C=O) groups excluding carboxylic acids is 2. The number of nitrogens with zero attached hydrogens (tertiary/aromatic N) is 3. The molecule has 1 amide bonds. The van der Waals surface area contributed by atoms with Gasteiger partial charge in [0.25, 0.3) is 5.91 Å². The Kier molecular flexibility index (Phi) is 7.03. The Bertz CT molecular complexity index is 1010. The van der Waals surface area contributed by atoms with E-state index in [1.807, 2.05) is 31.3 Å². The van der Waals surface area contributed by atoms with E-state index in [0.29, 0.717) is 22.1 Å². The van der Waals surface area contributed by atoms with Crippen molar-refractivity contribution < 1.29 is 9.59 Å². The average molecular weight is 524 g/mol. The molecule has 0 saturated heterocycles. The molecule has 0 saturated carbocycles. The maximum absolute atomic E-state index is 12.3. The molecule has 0 aliphatic carbocycles. The van der Waals surface area contributed by atoms with Crippen molar-refractivity contribution in [1.29, 1.82) is 0 Å². The van der Waals surface area contributed by atoms with Crippen LogP contribution in [-0.4, -0.2) is 32.2 Å². The van der Waals surface area contributed by atoms with Crippen LogP contribution >= 0.6 is 43.6 Å². The summed E-state index contributed by atoms with van der Waals surface area (Å²) in [4.78, 5) is 24.6. The molecule has 2 aromatic carbocycles. The third-order valence-electron chi connectivity index (χ3n) is 3.95. The van der Waals surface area contributed by atoms with Gasteiger partial charge in [0.1, 0.15) is 0 Å². The van der Waals surface area contributed by atoms with Crippen molar-refractivity contribution in [2.75, 3.05) is 5.75 Å². The van der Waals surface area contributed by atoms with Crippen LogP contribution in [0.15, 0.2) is 62.6 Å². The van der Waals surface area contributed by atoms with Crippen LogP contribution in [0.1, 0.15) is 26.5 Å². The number of hydrogen-bond donors (Lipinski definition) is 1. The lowest BCUT2D eigenvalue weighted by molar-refractivity contribution is 0.0948. The second-order valence-corrected chi connectivity index (χ2v) is 8.55. The van der Waals surface area contributed by atoms with E-state index in [9.17, 15) is 9.59 Å². The maximum atomic E-state index is 12.3. The van der Waals surface area contributed by atoms with Crippen LogP contribution in [0.25, 0.3) is 0 Å². The minimum atomic E-state index is -0.199. The molecule has 0 unspecified atom stereocenters. The summed E-state index contributed by atoms with van der Waals surface area (Å²) in [6, 6.07) is 14.5. The SMILES string of the molecule is Cn1c(CNC(=O)c2ccccc2Br)nnc1SCC(=O)c1ccc(Br)cc1. The number of carbonyl (C=O) groups is 2. The van der Waals surface area contributed by atoms with Gasteiger partial charge >= 0.3 is 0 Å². The lowest BCUT2D eigenvalue weighted by Crippen LogP contribution is -2.24. The van der Waals surface area contributed by atoms with Crippen LogP contribution in [0.3, 0.4) is 0 Å². The molecule has 1 heterocycles. The first-order valence-electron chi connectivity index (χ1n) is 8.28. The lowest BCUT2D eigenvalue weighted by Gasteiger charge is -2.07. The van der Waals surface area contributed by atoms with Crippen LogP contribution in [0, 0.1) is 0 Å². The van der Waals surface area contributed by atoms with Gasteiger partial charge in [-0.05, 0) is 40.2 Å². The summed E-state index contributed by atoms with van der Waals surface area (Å²) in [5.74, 6) is 0.690. The zero-order valence-electron chi connectivity index (χ0n) is 14.9. The highest BCUT2D eigenvalue weighted by molar-refractivity contribution is 9.10. The summed E-state index contributed by atoms with van der Waals surface area (Å²) in [5.41, 5.74) is 1.21. The fourth-order valence-electron chi connectivity index (χ4n) is 2.37. The van der Waals surface area contributed by atoms with E-state index >= 15 is 0 Å². The van der Waals surface area contributed by atoms with Gasteiger partial charge in [0.15, 0.2) is 16.8 Å². The molecule has 1 N–H and O–H groups in total. The third-order valence-corrected chi connectivity index (χ3v) is 6.19. The molecule has 0 spiro atoms. The Balaban J connectivity index is 1.58. The zero-order valence-corrected chi connectivity index (χ0v) is 18.8. The molecule has 0 aliphatic rings. The van der Waals surface area contributed by atoms with Crippen LogP contribution in [-0.2, 0) is 13.6 Å². The largest absolute Gasteiger partial charge is 0.345 e. The van der Waals surface area contributed by atoms with E-state index in [0.717, 1.165) is 8.95 Å². The predicted octanol–water partition coefficient (Wildman–Crippen LogP) is 4.25. The first-order chi connectivity index (χ1) is 13.5. The topological polar surface area (TPSA) is 76.9 Å². The molecule has 0 aliphatic heterocycles. The number of Topliss-reactive ketones (excluding diaryl/α,β-unsaturated/α-hetero) is 1. The summed E-state index contributed by atoms with van der Waals surface area (Å²) >= 11 is 8.04. The summed E-state index contributed by atoms with van der Waals surface area (Å²) in [6.45, 7) is 0.241. The number of halogens is 2. The minimum absolute atomic E-state index is 0.0179. The summed E-state index contributed by atoms with van der Waals surface area (Å²) in [5, 5.41) is 11.7. The molecule has 0 atom stereocenters. The van der Waals surface area contributed by atoms with E-state index in [1.165, 1.54) is 11.8 Å². The molecule has 3 aromatic rings. The van der Waals surface area contributed by atoms with Crippen molar-refractivity contribution in [2.24, 2.45) is 7.05 Å². The van der Waals surface area contributed by atoms with Gasteiger partial charge in [-0.15, -0.1) is 10.2 Å². The highest BCUT2D eigenvalue weighted by Gasteiger charge is 2.14. The predicted molar refractivity (Wildman–Crippen MR) is 116 cm³/mol. The summed E-state index contributed by atoms with van der Waals surface area (Å²) < 4.78 is 3.44. The molecule has 9 heteroatoms. The van der Waals surface area contributed by atoms with Crippen molar-refractivity contribution in [1.82, 2.24) is 20.1 Å². The lowest BCUT2D eigenvalue weighted by atomic mass is 10.2. The fraction of sp³-hybridized carbons (Fsp3) is 0.158. The van der Waals surface area contributed by atoms with Gasteiger partial charge in [-0.1, -0.05) is 52.0 Å². The van der Waals surface area contributed by atoms with Crippen LogP contribution in [0.4, 0.5) is 0 Å². The molecule has 144 valence electrons. The first-order valence-corrected chi connectivity index (χ1v) is 10.9. The molecule has 3 rings (SSSR count). The number of benzene rings is 2. The fourth-order valence-corrected chi connectivity index (χ4v) is 3.93. The van der Waals surface area contributed by atoms with E-state index in [1.54, 1.807) is 28.8 Å². The number of aromatic nitrogens is 3. The number of rotatable bonds is 7. The average Bonchev–Trinajstić information content (AvgIpc) is 3.04. The Morgan fingerprint density at radius 3 is 2.50 bits per heavy atom. The third kappa shape index (κ3) is 5.09. The Hall–Kier alpha value is -1.97. The van der Waals surface area contributed by atoms with Gasteiger partial charge in [0, 0.05) is 21.6 Å². The van der Waals surface area contributed by atoms with Gasteiger partial charge in [-0.25, -0.2) is 0 Å². The maximum Gasteiger partial charge on any atom is 0.252 e. The molecule has 6 nitrogen and oxygen atoms in total. The molecule has 0 fully saturated rings. The van der Waals surface area contributed by atoms with Gasteiger partial charge in [0.2, 0.25) is 0 Å². The number of ketones is 1. The first kappa shape index (κ1) is 20.8. The zero-order chi connectivity index (χ0) is 20.1. The van der Waals surface area contributed by atoms with E-state index in [2.05, 4.69) is 47.4 Å². The standard InChI is InChI=1S/C19H16Br2N4O2S/c1-25-17(10-22-18(27)14-4-2-3-5-15(14)21)23-24-19(25)28-11-16(26)12-6-8-13(20)9-7-12/h2-9H,10-11H2,1H3,(H,22,27).